The molecule has 1 unspecified atom stereocenters. The molecule has 0 saturated carbocycles. The molecule has 0 aromatic heterocycles. The second-order valence-corrected chi connectivity index (χ2v) is 5.19. The van der Waals surface area contributed by atoms with Gasteiger partial charge in [0.05, 0.1) is 21.8 Å². The van der Waals surface area contributed by atoms with Crippen LogP contribution in [0.15, 0.2) is 16.6 Å². The van der Waals surface area contributed by atoms with Crippen LogP contribution in [0.2, 0.25) is 10.0 Å². The predicted molar refractivity (Wildman–Crippen MR) is 69.1 cm³/mol. The molecule has 0 bridgehead atoms. The second kappa shape index (κ2) is 4.53. The van der Waals surface area contributed by atoms with Gasteiger partial charge in [0.15, 0.2) is 0 Å². The molecule has 2 N–H and O–H groups in total. The second-order valence-electron chi connectivity index (χ2n) is 3.58. The maximum atomic E-state index is 11.7. The Morgan fingerprint density at radius 1 is 1.38 bits per heavy atom. The fraction of sp³-hybridized carbons (Fsp3) is 0.300. The monoisotopic (exact) mass is 322 g/mol. The molecule has 1 heterocycles. The Kier molecular flexibility index (Phi) is 3.45. The summed E-state index contributed by atoms with van der Waals surface area (Å²) in [6.45, 7) is 0.581. The van der Waals surface area contributed by atoms with Crippen molar-refractivity contribution in [3.8, 4) is 0 Å². The number of rotatable bonds is 1. The minimum Gasteiger partial charge on any atom is -0.320 e. The summed E-state index contributed by atoms with van der Waals surface area (Å²) in [5, 5.41) is 0.783. The number of hydrogen-bond donors (Lipinski definition) is 1. The van der Waals surface area contributed by atoms with E-state index in [1.165, 1.54) is 0 Å². The van der Waals surface area contributed by atoms with Crippen LogP contribution < -0.4 is 10.6 Å². The zero-order valence-electron chi connectivity index (χ0n) is 8.21. The van der Waals surface area contributed by atoms with Gasteiger partial charge in [0.1, 0.15) is 0 Å². The van der Waals surface area contributed by atoms with Crippen LogP contribution in [0, 0.1) is 0 Å². The molecule has 0 radical (unpaired) electrons. The van der Waals surface area contributed by atoms with Gasteiger partial charge in [-0.05, 0) is 34.5 Å². The van der Waals surface area contributed by atoms with E-state index in [0.29, 0.717) is 33.2 Å². The standard InChI is InChI=1S/C10H9BrCl2N2O/c11-5-1-2-7(9(13)8(5)12)15-4-3-6(14)10(15)16/h1-2,6H,3-4,14H2. The molecule has 0 spiro atoms. The smallest absolute Gasteiger partial charge is 0.244 e. The van der Waals surface area contributed by atoms with Crippen molar-refractivity contribution in [3.63, 3.8) is 0 Å². The Balaban J connectivity index is 2.42. The predicted octanol–water partition coefficient (Wildman–Crippen LogP) is 2.82. The van der Waals surface area contributed by atoms with Gasteiger partial charge in [-0.25, -0.2) is 0 Å². The molecule has 0 aliphatic carbocycles. The zero-order chi connectivity index (χ0) is 11.9. The van der Waals surface area contributed by atoms with Crippen LogP contribution in [-0.4, -0.2) is 18.5 Å². The Labute approximate surface area is 112 Å². The average Bonchev–Trinajstić information content (AvgIpc) is 2.58. The highest BCUT2D eigenvalue weighted by Crippen LogP contribution is 2.38. The topological polar surface area (TPSA) is 46.3 Å². The zero-order valence-corrected chi connectivity index (χ0v) is 11.3. The molecule has 1 aliphatic heterocycles. The van der Waals surface area contributed by atoms with E-state index in [-0.39, 0.29) is 5.91 Å². The van der Waals surface area contributed by atoms with Crippen molar-refractivity contribution in [2.45, 2.75) is 12.5 Å². The van der Waals surface area contributed by atoms with E-state index in [2.05, 4.69) is 15.9 Å². The molecule has 1 amide bonds. The number of nitrogens with two attached hydrogens (primary N) is 1. The molecule has 1 atom stereocenters. The molecule has 16 heavy (non-hydrogen) atoms. The summed E-state index contributed by atoms with van der Waals surface area (Å²) >= 11 is 15.4. The summed E-state index contributed by atoms with van der Waals surface area (Å²) in [5.41, 5.74) is 6.27. The lowest BCUT2D eigenvalue weighted by Gasteiger charge is -2.18. The van der Waals surface area contributed by atoms with Crippen LogP contribution in [0.4, 0.5) is 5.69 Å². The summed E-state index contributed by atoms with van der Waals surface area (Å²) < 4.78 is 0.707. The number of anilines is 1. The molecule has 1 saturated heterocycles. The van der Waals surface area contributed by atoms with Crippen molar-refractivity contribution in [2.24, 2.45) is 5.73 Å². The van der Waals surface area contributed by atoms with Crippen molar-refractivity contribution in [1.82, 2.24) is 0 Å². The maximum absolute atomic E-state index is 11.7. The van der Waals surface area contributed by atoms with Gasteiger partial charge in [0, 0.05) is 11.0 Å². The van der Waals surface area contributed by atoms with E-state index < -0.39 is 6.04 Å². The van der Waals surface area contributed by atoms with E-state index in [4.69, 9.17) is 28.9 Å². The third-order valence-electron chi connectivity index (χ3n) is 2.55. The van der Waals surface area contributed by atoms with Gasteiger partial charge in [-0.3, -0.25) is 4.79 Å². The van der Waals surface area contributed by atoms with Gasteiger partial charge in [0.2, 0.25) is 5.91 Å². The highest BCUT2D eigenvalue weighted by Gasteiger charge is 2.31. The molecule has 3 nitrogen and oxygen atoms in total. The van der Waals surface area contributed by atoms with Gasteiger partial charge in [-0.2, -0.15) is 0 Å². The maximum Gasteiger partial charge on any atom is 0.244 e. The van der Waals surface area contributed by atoms with Crippen molar-refractivity contribution < 1.29 is 4.79 Å². The van der Waals surface area contributed by atoms with Crippen LogP contribution in [-0.2, 0) is 4.79 Å². The molecule has 6 heteroatoms. The van der Waals surface area contributed by atoms with Gasteiger partial charge < -0.3 is 10.6 Å². The van der Waals surface area contributed by atoms with Crippen molar-refractivity contribution in [3.05, 3.63) is 26.7 Å². The first-order valence-electron chi connectivity index (χ1n) is 4.73. The van der Waals surface area contributed by atoms with Crippen LogP contribution in [0.25, 0.3) is 0 Å². The van der Waals surface area contributed by atoms with Crippen molar-refractivity contribution in [1.29, 1.82) is 0 Å². The largest absolute Gasteiger partial charge is 0.320 e. The Hall–Kier alpha value is -0.290. The van der Waals surface area contributed by atoms with Crippen LogP contribution >= 0.6 is 39.1 Å². The third-order valence-corrected chi connectivity index (χ3v) is 4.31. The fourth-order valence-electron chi connectivity index (χ4n) is 1.67. The Morgan fingerprint density at radius 2 is 2.06 bits per heavy atom. The first-order valence-corrected chi connectivity index (χ1v) is 6.27. The van der Waals surface area contributed by atoms with Crippen LogP contribution in [0.3, 0.4) is 0 Å². The number of benzene rings is 1. The summed E-state index contributed by atoms with van der Waals surface area (Å²) in [6, 6.07) is 3.09. The number of hydrogen-bond acceptors (Lipinski definition) is 2. The first kappa shape index (κ1) is 12.2. The van der Waals surface area contributed by atoms with E-state index >= 15 is 0 Å². The van der Waals surface area contributed by atoms with Crippen LogP contribution in [0.5, 0.6) is 0 Å². The number of halogens is 3. The lowest BCUT2D eigenvalue weighted by molar-refractivity contribution is -0.118. The normalized spacial score (nSPS) is 20.6. The minimum absolute atomic E-state index is 0.111. The van der Waals surface area contributed by atoms with Crippen LogP contribution in [0.1, 0.15) is 6.42 Å². The van der Waals surface area contributed by atoms with E-state index in [1.54, 1.807) is 17.0 Å². The first-order chi connectivity index (χ1) is 7.52. The quantitative estimate of drug-likeness (QED) is 0.808. The molecule has 86 valence electrons. The number of carbonyl (C=O) groups excluding carboxylic acids is 1. The minimum atomic E-state index is -0.432. The summed E-state index contributed by atoms with van der Waals surface area (Å²) in [7, 11) is 0. The lowest BCUT2D eigenvalue weighted by Crippen LogP contribution is -2.34. The Bertz CT molecular complexity index is 453. The molecule has 1 aromatic carbocycles. The molecule has 1 fully saturated rings. The molecular formula is C10H9BrCl2N2O. The van der Waals surface area contributed by atoms with E-state index in [9.17, 15) is 4.79 Å². The van der Waals surface area contributed by atoms with Gasteiger partial charge in [0.25, 0.3) is 0 Å². The Morgan fingerprint density at radius 3 is 2.62 bits per heavy atom. The molecule has 1 aliphatic rings. The fourth-order valence-corrected chi connectivity index (χ4v) is 2.54. The van der Waals surface area contributed by atoms with E-state index in [0.717, 1.165) is 0 Å². The van der Waals surface area contributed by atoms with Gasteiger partial charge in [-0.15, -0.1) is 0 Å². The number of amides is 1. The highest BCUT2D eigenvalue weighted by molar-refractivity contribution is 9.10. The third kappa shape index (κ3) is 1.95. The summed E-state index contributed by atoms with van der Waals surface area (Å²) in [4.78, 5) is 13.3. The molecule has 2 rings (SSSR count). The van der Waals surface area contributed by atoms with Crippen molar-refractivity contribution in [2.75, 3.05) is 11.4 Å². The highest BCUT2D eigenvalue weighted by atomic mass is 79.9. The van der Waals surface area contributed by atoms with Gasteiger partial charge in [-0.1, -0.05) is 23.2 Å². The SMILES string of the molecule is NC1CCN(c2ccc(Br)c(Cl)c2Cl)C1=O. The summed E-state index contributed by atoms with van der Waals surface area (Å²) in [5.74, 6) is -0.111. The van der Waals surface area contributed by atoms with Gasteiger partial charge >= 0.3 is 0 Å². The number of carbonyl (C=O) groups is 1. The molecular weight excluding hydrogens is 315 g/mol. The lowest BCUT2D eigenvalue weighted by atomic mass is 10.3. The molecule has 1 aromatic rings. The average molecular weight is 324 g/mol. The number of nitrogens with zero attached hydrogens (tertiary/aromatic N) is 1. The van der Waals surface area contributed by atoms with E-state index in [1.807, 2.05) is 0 Å². The summed E-state index contributed by atoms with van der Waals surface area (Å²) in [6.07, 6.45) is 0.642. The van der Waals surface area contributed by atoms with Crippen molar-refractivity contribution >= 4 is 50.7 Å².